The number of oxazole rings is 1. The van der Waals surface area contributed by atoms with Crippen LogP contribution in [0.5, 0.6) is 0 Å². The highest BCUT2D eigenvalue weighted by atomic mass is 16.3. The lowest BCUT2D eigenvalue weighted by Crippen LogP contribution is -2.11. The molecule has 0 bridgehead atoms. The van der Waals surface area contributed by atoms with E-state index in [2.05, 4.69) is 50.9 Å². The summed E-state index contributed by atoms with van der Waals surface area (Å²) in [4.78, 5) is 4.39. The number of benzene rings is 1. The molecule has 0 saturated heterocycles. The third-order valence-electron chi connectivity index (χ3n) is 3.11. The molecule has 1 aromatic heterocycles. The lowest BCUT2D eigenvalue weighted by atomic mass is 9.85. The van der Waals surface area contributed by atoms with E-state index < -0.39 is 0 Å². The van der Waals surface area contributed by atoms with Gasteiger partial charge < -0.3 is 10.2 Å². The van der Waals surface area contributed by atoms with E-state index in [4.69, 9.17) is 10.2 Å². The zero-order chi connectivity index (χ0) is 13.3. The SMILES string of the molecule is Cc1ccc(C(C)(C)C)cc1-c1coc(CN)n1. The Bertz CT molecular complexity index is 550. The Morgan fingerprint density at radius 1 is 1.28 bits per heavy atom. The number of nitrogens with two attached hydrogens (primary N) is 1. The van der Waals surface area contributed by atoms with E-state index in [1.807, 2.05) is 0 Å². The minimum absolute atomic E-state index is 0.128. The second-order valence-corrected chi connectivity index (χ2v) is 5.61. The van der Waals surface area contributed by atoms with E-state index in [1.165, 1.54) is 11.1 Å². The highest BCUT2D eigenvalue weighted by molar-refractivity contribution is 5.64. The van der Waals surface area contributed by atoms with Gasteiger partial charge in [-0.1, -0.05) is 32.9 Å². The number of nitrogens with zero attached hydrogens (tertiary/aromatic N) is 1. The summed E-state index contributed by atoms with van der Waals surface area (Å²) >= 11 is 0. The Balaban J connectivity index is 2.49. The maximum Gasteiger partial charge on any atom is 0.208 e. The summed E-state index contributed by atoms with van der Waals surface area (Å²) in [6.45, 7) is 9.03. The van der Waals surface area contributed by atoms with Crippen LogP contribution in [0, 0.1) is 6.92 Å². The normalized spacial score (nSPS) is 11.8. The van der Waals surface area contributed by atoms with Crippen molar-refractivity contribution in [3.05, 3.63) is 41.5 Å². The fraction of sp³-hybridized carbons (Fsp3) is 0.400. The maximum absolute atomic E-state index is 5.52. The van der Waals surface area contributed by atoms with Gasteiger partial charge in [-0.2, -0.15) is 0 Å². The number of aromatic nitrogens is 1. The number of rotatable bonds is 2. The van der Waals surface area contributed by atoms with Gasteiger partial charge in [-0.3, -0.25) is 0 Å². The molecular formula is C15H20N2O. The summed E-state index contributed by atoms with van der Waals surface area (Å²) in [5.74, 6) is 0.575. The van der Waals surface area contributed by atoms with Gasteiger partial charge in [0.15, 0.2) is 0 Å². The molecule has 0 saturated carbocycles. The number of hydrogen-bond acceptors (Lipinski definition) is 3. The quantitative estimate of drug-likeness (QED) is 0.880. The average molecular weight is 244 g/mol. The lowest BCUT2D eigenvalue weighted by molar-refractivity contribution is 0.498. The third kappa shape index (κ3) is 2.46. The van der Waals surface area contributed by atoms with Crippen LogP contribution in [0.2, 0.25) is 0 Å². The van der Waals surface area contributed by atoms with Gasteiger partial charge in [0.05, 0.1) is 6.54 Å². The molecule has 2 N–H and O–H groups in total. The maximum atomic E-state index is 5.52. The molecular weight excluding hydrogens is 224 g/mol. The number of aryl methyl sites for hydroxylation is 1. The smallest absolute Gasteiger partial charge is 0.208 e. The van der Waals surface area contributed by atoms with Crippen molar-refractivity contribution in [3.8, 4) is 11.3 Å². The third-order valence-corrected chi connectivity index (χ3v) is 3.11. The molecule has 2 rings (SSSR count). The van der Waals surface area contributed by atoms with Gasteiger partial charge in [-0.15, -0.1) is 0 Å². The van der Waals surface area contributed by atoms with Crippen LogP contribution in [-0.4, -0.2) is 4.98 Å². The molecule has 0 aliphatic carbocycles. The molecule has 0 amide bonds. The van der Waals surface area contributed by atoms with E-state index in [-0.39, 0.29) is 5.41 Å². The predicted octanol–water partition coefficient (Wildman–Crippen LogP) is 3.41. The van der Waals surface area contributed by atoms with Crippen LogP contribution in [-0.2, 0) is 12.0 Å². The minimum atomic E-state index is 0.128. The second-order valence-electron chi connectivity index (χ2n) is 5.61. The summed E-state index contributed by atoms with van der Waals surface area (Å²) in [6.07, 6.45) is 1.68. The van der Waals surface area contributed by atoms with Crippen molar-refractivity contribution in [2.75, 3.05) is 0 Å². The highest BCUT2D eigenvalue weighted by Crippen LogP contribution is 2.29. The van der Waals surface area contributed by atoms with Crippen molar-refractivity contribution >= 4 is 0 Å². The van der Waals surface area contributed by atoms with Crippen molar-refractivity contribution < 1.29 is 4.42 Å². The molecule has 0 atom stereocenters. The van der Waals surface area contributed by atoms with Gasteiger partial charge in [-0.25, -0.2) is 4.98 Å². The van der Waals surface area contributed by atoms with Crippen molar-refractivity contribution in [1.29, 1.82) is 0 Å². The molecule has 18 heavy (non-hydrogen) atoms. The number of hydrogen-bond donors (Lipinski definition) is 1. The van der Waals surface area contributed by atoms with Gasteiger partial charge >= 0.3 is 0 Å². The molecule has 0 aliphatic rings. The van der Waals surface area contributed by atoms with Gasteiger partial charge in [-0.05, 0) is 29.5 Å². The van der Waals surface area contributed by atoms with Crippen LogP contribution in [0.25, 0.3) is 11.3 Å². The first-order chi connectivity index (χ1) is 8.41. The predicted molar refractivity (Wildman–Crippen MR) is 73.3 cm³/mol. The van der Waals surface area contributed by atoms with Crippen LogP contribution < -0.4 is 5.73 Å². The molecule has 3 heteroatoms. The molecule has 0 radical (unpaired) electrons. The van der Waals surface area contributed by atoms with Crippen molar-refractivity contribution in [2.45, 2.75) is 39.7 Å². The van der Waals surface area contributed by atoms with Crippen LogP contribution in [0.3, 0.4) is 0 Å². The second kappa shape index (κ2) is 4.58. The fourth-order valence-corrected chi connectivity index (χ4v) is 1.89. The Morgan fingerprint density at radius 3 is 2.56 bits per heavy atom. The van der Waals surface area contributed by atoms with Crippen molar-refractivity contribution in [1.82, 2.24) is 4.98 Å². The minimum Gasteiger partial charge on any atom is -0.447 e. The lowest BCUT2D eigenvalue weighted by Gasteiger charge is -2.20. The van der Waals surface area contributed by atoms with E-state index in [0.29, 0.717) is 12.4 Å². The first-order valence-corrected chi connectivity index (χ1v) is 6.18. The van der Waals surface area contributed by atoms with Crippen LogP contribution in [0.4, 0.5) is 0 Å². The van der Waals surface area contributed by atoms with E-state index in [0.717, 1.165) is 11.3 Å². The Morgan fingerprint density at radius 2 is 2.00 bits per heavy atom. The average Bonchev–Trinajstić information content (AvgIpc) is 2.76. The standard InChI is InChI=1S/C15H20N2O/c1-10-5-6-11(15(2,3)4)7-12(10)13-9-18-14(8-16)17-13/h5-7,9H,8,16H2,1-4H3. The Labute approximate surface area is 108 Å². The molecule has 1 aromatic carbocycles. The summed E-state index contributed by atoms with van der Waals surface area (Å²) in [7, 11) is 0. The largest absolute Gasteiger partial charge is 0.447 e. The van der Waals surface area contributed by atoms with E-state index >= 15 is 0 Å². The Hall–Kier alpha value is -1.61. The van der Waals surface area contributed by atoms with Crippen LogP contribution in [0.1, 0.15) is 37.8 Å². The summed E-state index contributed by atoms with van der Waals surface area (Å²) in [5.41, 5.74) is 10.1. The zero-order valence-electron chi connectivity index (χ0n) is 11.4. The van der Waals surface area contributed by atoms with Gasteiger partial charge in [0.1, 0.15) is 12.0 Å². The summed E-state index contributed by atoms with van der Waals surface area (Å²) in [5, 5.41) is 0. The molecule has 0 fully saturated rings. The van der Waals surface area contributed by atoms with Crippen molar-refractivity contribution in [2.24, 2.45) is 5.73 Å². The van der Waals surface area contributed by atoms with E-state index in [1.54, 1.807) is 6.26 Å². The fourth-order valence-electron chi connectivity index (χ4n) is 1.89. The van der Waals surface area contributed by atoms with Crippen LogP contribution in [0.15, 0.2) is 28.9 Å². The molecule has 2 aromatic rings. The van der Waals surface area contributed by atoms with Gasteiger partial charge in [0.25, 0.3) is 0 Å². The molecule has 1 heterocycles. The molecule has 0 spiro atoms. The first-order valence-electron chi connectivity index (χ1n) is 6.18. The molecule has 0 unspecified atom stereocenters. The van der Waals surface area contributed by atoms with Crippen molar-refractivity contribution in [3.63, 3.8) is 0 Å². The van der Waals surface area contributed by atoms with Crippen LogP contribution >= 0.6 is 0 Å². The monoisotopic (exact) mass is 244 g/mol. The summed E-state index contributed by atoms with van der Waals surface area (Å²) in [6, 6.07) is 6.49. The Kier molecular flexibility index (Phi) is 3.26. The summed E-state index contributed by atoms with van der Waals surface area (Å²) < 4.78 is 5.31. The zero-order valence-corrected chi connectivity index (χ0v) is 11.4. The topological polar surface area (TPSA) is 52.0 Å². The highest BCUT2D eigenvalue weighted by Gasteiger charge is 2.16. The van der Waals surface area contributed by atoms with Gasteiger partial charge in [0, 0.05) is 5.56 Å². The molecule has 0 aliphatic heterocycles. The molecule has 3 nitrogen and oxygen atoms in total. The molecule has 96 valence electrons. The van der Waals surface area contributed by atoms with Gasteiger partial charge in [0.2, 0.25) is 5.89 Å². The van der Waals surface area contributed by atoms with E-state index in [9.17, 15) is 0 Å². The first kappa shape index (κ1) is 12.8.